The van der Waals surface area contributed by atoms with E-state index in [0.717, 1.165) is 12.1 Å². The molecule has 1 rings (SSSR count). The molecule has 0 aromatic heterocycles. The van der Waals surface area contributed by atoms with E-state index in [4.69, 9.17) is 0 Å². The van der Waals surface area contributed by atoms with Gasteiger partial charge in [-0.25, -0.2) is 0 Å². The van der Waals surface area contributed by atoms with Crippen molar-refractivity contribution in [1.29, 1.82) is 0 Å². The molecule has 0 N–H and O–H groups in total. The smallest absolute Gasteiger partial charge is 0.0645 e. The lowest BCUT2D eigenvalue weighted by Crippen LogP contribution is -1.98. The molecule has 0 radical (unpaired) electrons. The summed E-state index contributed by atoms with van der Waals surface area (Å²) in [4.78, 5) is 4.36. The molecule has 0 atom stereocenters. The topological polar surface area (TPSA) is 12.4 Å². The fourth-order valence-electron chi connectivity index (χ4n) is 1.89. The maximum Gasteiger partial charge on any atom is 0.0645 e. The maximum absolute atomic E-state index is 4.36. The largest absolute Gasteiger partial charge is 0.288 e. The molecule has 0 bridgehead atoms. The van der Waals surface area contributed by atoms with Gasteiger partial charge < -0.3 is 0 Å². The summed E-state index contributed by atoms with van der Waals surface area (Å²) in [5.74, 6) is 0. The molecule has 1 heteroatoms. The summed E-state index contributed by atoms with van der Waals surface area (Å²) < 4.78 is 0. The lowest BCUT2D eigenvalue weighted by atomic mass is 10.0. The zero-order chi connectivity index (χ0) is 12.7. The summed E-state index contributed by atoms with van der Waals surface area (Å²) in [6.07, 6.45) is 5.39. The monoisotopic (exact) mass is 227 g/mol. The van der Waals surface area contributed by atoms with E-state index < -0.39 is 0 Å². The summed E-state index contributed by atoms with van der Waals surface area (Å²) in [5.41, 5.74) is 4.87. The third-order valence-corrected chi connectivity index (χ3v) is 2.90. The van der Waals surface area contributed by atoms with Crippen LogP contribution in [0.1, 0.15) is 32.8 Å². The second kappa shape index (κ2) is 6.85. The molecule has 1 aromatic rings. The van der Waals surface area contributed by atoms with Crippen LogP contribution in [0, 0.1) is 0 Å². The Morgan fingerprint density at radius 3 is 2.35 bits per heavy atom. The van der Waals surface area contributed by atoms with Crippen LogP contribution in [0.15, 0.2) is 58.6 Å². The molecule has 0 aliphatic rings. The molecule has 0 aliphatic heterocycles. The van der Waals surface area contributed by atoms with Crippen molar-refractivity contribution in [2.75, 3.05) is 7.05 Å². The molecule has 0 heterocycles. The molecule has 0 amide bonds. The second-order valence-electron chi connectivity index (χ2n) is 3.97. The summed E-state index contributed by atoms with van der Waals surface area (Å²) in [5, 5.41) is 0. The van der Waals surface area contributed by atoms with E-state index in [1.54, 1.807) is 0 Å². The lowest BCUT2D eigenvalue weighted by Gasteiger charge is -2.06. The Bertz CT molecular complexity index is 436. The highest BCUT2D eigenvalue weighted by Gasteiger charge is 2.01. The van der Waals surface area contributed by atoms with Crippen LogP contribution in [0.25, 0.3) is 0 Å². The van der Waals surface area contributed by atoms with Gasteiger partial charge in [0.2, 0.25) is 0 Å². The van der Waals surface area contributed by atoms with Crippen molar-refractivity contribution in [3.63, 3.8) is 0 Å². The normalized spacial score (nSPS) is 14.0. The van der Waals surface area contributed by atoms with Gasteiger partial charge in [-0.15, -0.1) is 0 Å². The molecule has 1 nitrogen and oxygen atoms in total. The van der Waals surface area contributed by atoms with E-state index in [1.807, 2.05) is 25.2 Å². The quantitative estimate of drug-likeness (QED) is 0.533. The molecule has 0 unspecified atom stereocenters. The van der Waals surface area contributed by atoms with Gasteiger partial charge in [0.25, 0.3) is 0 Å². The number of aliphatic imine (C=N–C) groups is 1. The van der Waals surface area contributed by atoms with Gasteiger partial charge in [-0.2, -0.15) is 0 Å². The molecule has 17 heavy (non-hydrogen) atoms. The fraction of sp³-hybridized carbons (Fsp3) is 0.312. The molecule has 0 fully saturated rings. The van der Waals surface area contributed by atoms with E-state index >= 15 is 0 Å². The van der Waals surface area contributed by atoms with Crippen molar-refractivity contribution in [2.24, 2.45) is 4.99 Å². The molecule has 0 aliphatic carbocycles. The SMILES string of the molecule is C\C=C(CC)/C(C)=C\C(=N\C)c1ccccc1. The van der Waals surface area contributed by atoms with Crippen LogP contribution in [-0.2, 0) is 0 Å². The van der Waals surface area contributed by atoms with Crippen molar-refractivity contribution < 1.29 is 0 Å². The third kappa shape index (κ3) is 3.70. The van der Waals surface area contributed by atoms with E-state index in [2.05, 4.69) is 50.0 Å². The summed E-state index contributed by atoms with van der Waals surface area (Å²) in [6.45, 7) is 6.41. The van der Waals surface area contributed by atoms with Crippen molar-refractivity contribution in [1.82, 2.24) is 0 Å². The first-order valence-electron chi connectivity index (χ1n) is 6.09. The number of nitrogens with zero attached hydrogens (tertiary/aromatic N) is 1. The van der Waals surface area contributed by atoms with Gasteiger partial charge in [-0.05, 0) is 43.1 Å². The highest BCUT2D eigenvalue weighted by atomic mass is 14.7. The first-order chi connectivity index (χ1) is 8.22. The summed E-state index contributed by atoms with van der Waals surface area (Å²) in [6, 6.07) is 10.3. The number of rotatable bonds is 4. The van der Waals surface area contributed by atoms with Crippen LogP contribution in [0.5, 0.6) is 0 Å². The molecule has 0 saturated carbocycles. The Labute approximate surface area is 105 Å². The number of hydrogen-bond acceptors (Lipinski definition) is 1. The van der Waals surface area contributed by atoms with Gasteiger partial charge in [-0.3, -0.25) is 4.99 Å². The fourth-order valence-corrected chi connectivity index (χ4v) is 1.89. The van der Waals surface area contributed by atoms with Crippen LogP contribution in [0.4, 0.5) is 0 Å². The zero-order valence-electron chi connectivity index (χ0n) is 11.2. The van der Waals surface area contributed by atoms with Crippen molar-refractivity contribution >= 4 is 5.71 Å². The summed E-state index contributed by atoms with van der Waals surface area (Å²) in [7, 11) is 1.84. The van der Waals surface area contributed by atoms with Crippen LogP contribution in [0.3, 0.4) is 0 Å². The van der Waals surface area contributed by atoms with Gasteiger partial charge in [-0.1, -0.05) is 43.3 Å². The van der Waals surface area contributed by atoms with Crippen LogP contribution in [0.2, 0.25) is 0 Å². The second-order valence-corrected chi connectivity index (χ2v) is 3.97. The average Bonchev–Trinajstić information content (AvgIpc) is 2.38. The van der Waals surface area contributed by atoms with Crippen molar-refractivity contribution in [2.45, 2.75) is 27.2 Å². The minimum Gasteiger partial charge on any atom is -0.288 e. The van der Waals surface area contributed by atoms with Gasteiger partial charge in [0.1, 0.15) is 0 Å². The first kappa shape index (κ1) is 13.4. The summed E-state index contributed by atoms with van der Waals surface area (Å²) >= 11 is 0. The zero-order valence-corrected chi connectivity index (χ0v) is 11.2. The standard InChI is InChI=1S/C16H21N/c1-5-14(6-2)13(3)12-16(17-4)15-10-8-7-9-11-15/h5,7-12H,6H2,1-4H3/b13-12-,14-5-,17-16-. The van der Waals surface area contributed by atoms with Gasteiger partial charge in [0, 0.05) is 7.05 Å². The van der Waals surface area contributed by atoms with E-state index in [-0.39, 0.29) is 0 Å². The molecular formula is C16H21N. The molecule has 0 saturated heterocycles. The highest BCUT2D eigenvalue weighted by molar-refractivity contribution is 6.09. The maximum atomic E-state index is 4.36. The minimum absolute atomic E-state index is 1.04. The van der Waals surface area contributed by atoms with Crippen LogP contribution >= 0.6 is 0 Å². The van der Waals surface area contributed by atoms with Crippen LogP contribution < -0.4 is 0 Å². The van der Waals surface area contributed by atoms with E-state index in [0.29, 0.717) is 0 Å². The molecule has 1 aromatic carbocycles. The molecule has 90 valence electrons. The highest BCUT2D eigenvalue weighted by Crippen LogP contribution is 2.14. The number of allylic oxidation sites excluding steroid dienone is 4. The van der Waals surface area contributed by atoms with E-state index in [1.165, 1.54) is 16.7 Å². The lowest BCUT2D eigenvalue weighted by molar-refractivity contribution is 1.10. The third-order valence-electron chi connectivity index (χ3n) is 2.90. The van der Waals surface area contributed by atoms with Crippen LogP contribution in [-0.4, -0.2) is 12.8 Å². The number of benzene rings is 1. The Hall–Kier alpha value is -1.63. The number of hydrogen-bond donors (Lipinski definition) is 0. The van der Waals surface area contributed by atoms with Gasteiger partial charge >= 0.3 is 0 Å². The Kier molecular flexibility index (Phi) is 5.41. The molecule has 0 spiro atoms. The van der Waals surface area contributed by atoms with Crippen molar-refractivity contribution in [3.05, 3.63) is 59.2 Å². The predicted molar refractivity (Wildman–Crippen MR) is 76.7 cm³/mol. The van der Waals surface area contributed by atoms with E-state index in [9.17, 15) is 0 Å². The average molecular weight is 227 g/mol. The van der Waals surface area contributed by atoms with Gasteiger partial charge in [0.15, 0.2) is 0 Å². The Morgan fingerprint density at radius 1 is 1.24 bits per heavy atom. The Balaban J connectivity index is 3.04. The predicted octanol–water partition coefficient (Wildman–Crippen LogP) is 4.41. The van der Waals surface area contributed by atoms with Crippen molar-refractivity contribution in [3.8, 4) is 0 Å². The first-order valence-corrected chi connectivity index (χ1v) is 6.09. The molecular weight excluding hydrogens is 206 g/mol. The van der Waals surface area contributed by atoms with Gasteiger partial charge in [0.05, 0.1) is 5.71 Å². The minimum atomic E-state index is 1.04. The Morgan fingerprint density at radius 2 is 1.88 bits per heavy atom.